The number of benzene rings is 1. The number of allylic oxidation sites excluding steroid dienone is 2. The molecule has 4 rings (SSSR count). The zero-order chi connectivity index (χ0) is 28.3. The van der Waals surface area contributed by atoms with Gasteiger partial charge in [-0.25, -0.2) is 9.18 Å². The SMILES string of the molecule is C=c1/c(=C\C(F)=C/C)c(=O)n(C2CCC(NC(=O)C(C)(C)c3ccc(Cl)cc3)CC2)c(=O)n1C1CCSCC1. The van der Waals surface area contributed by atoms with Crippen LogP contribution in [0.3, 0.4) is 0 Å². The number of nitrogens with one attached hydrogen (secondary N) is 1. The molecule has 0 bridgehead atoms. The van der Waals surface area contributed by atoms with E-state index in [1.807, 2.05) is 37.7 Å². The molecule has 1 saturated heterocycles. The molecule has 1 aliphatic carbocycles. The van der Waals surface area contributed by atoms with E-state index in [9.17, 15) is 18.8 Å². The second kappa shape index (κ2) is 12.3. The van der Waals surface area contributed by atoms with Crippen molar-refractivity contribution in [1.29, 1.82) is 0 Å². The van der Waals surface area contributed by atoms with E-state index in [0.717, 1.165) is 29.9 Å². The molecule has 0 radical (unpaired) electrons. The lowest BCUT2D eigenvalue weighted by Gasteiger charge is -2.33. The molecule has 1 aromatic heterocycles. The van der Waals surface area contributed by atoms with Gasteiger partial charge < -0.3 is 5.32 Å². The van der Waals surface area contributed by atoms with Gasteiger partial charge in [-0.3, -0.25) is 18.7 Å². The maximum absolute atomic E-state index is 14.3. The second-order valence-corrected chi connectivity index (χ2v) is 12.6. The van der Waals surface area contributed by atoms with E-state index < -0.39 is 16.8 Å². The second-order valence-electron chi connectivity index (χ2n) is 11.0. The van der Waals surface area contributed by atoms with Gasteiger partial charge in [-0.05, 0) is 94.6 Å². The summed E-state index contributed by atoms with van der Waals surface area (Å²) in [7, 11) is 0. The average molecular weight is 574 g/mol. The molecular formula is C30H37ClFN3O3S. The first-order valence-electron chi connectivity index (χ1n) is 13.6. The summed E-state index contributed by atoms with van der Waals surface area (Å²) < 4.78 is 17.3. The maximum Gasteiger partial charge on any atom is 0.331 e. The summed E-state index contributed by atoms with van der Waals surface area (Å²) in [6.07, 6.45) is 6.47. The predicted molar refractivity (Wildman–Crippen MR) is 159 cm³/mol. The largest absolute Gasteiger partial charge is 0.353 e. The van der Waals surface area contributed by atoms with E-state index in [4.69, 9.17) is 11.6 Å². The van der Waals surface area contributed by atoms with Crippen LogP contribution in [-0.2, 0) is 10.2 Å². The van der Waals surface area contributed by atoms with Crippen LogP contribution in [-0.4, -0.2) is 32.6 Å². The van der Waals surface area contributed by atoms with Crippen LogP contribution in [0.25, 0.3) is 12.7 Å². The van der Waals surface area contributed by atoms with Crippen LogP contribution in [0.15, 0.2) is 45.8 Å². The van der Waals surface area contributed by atoms with Gasteiger partial charge in [0.05, 0.1) is 16.0 Å². The molecular weight excluding hydrogens is 537 g/mol. The van der Waals surface area contributed by atoms with Crippen molar-refractivity contribution >= 4 is 41.9 Å². The average Bonchev–Trinajstić information content (AvgIpc) is 2.92. The van der Waals surface area contributed by atoms with Crippen molar-refractivity contribution in [3.05, 3.63) is 78.2 Å². The van der Waals surface area contributed by atoms with Crippen molar-refractivity contribution in [3.63, 3.8) is 0 Å². The summed E-state index contributed by atoms with van der Waals surface area (Å²) in [6.45, 7) is 9.37. The standard InChI is InChI=1S/C30H37ClFN3O3S/c1-5-22(32)18-26-19(2)34(25-14-16-39-17-15-25)29(38)35(27(26)36)24-12-10-23(11-13-24)33-28(37)30(3,4)20-6-8-21(31)9-7-20/h5-9,18,23-25H,2,10-17H2,1,3-4H3,(H,33,37)/b22-5+,26-18+. The van der Waals surface area contributed by atoms with Crippen LogP contribution >= 0.6 is 23.4 Å². The Bertz CT molecular complexity index is 1460. The van der Waals surface area contributed by atoms with Crippen molar-refractivity contribution in [2.24, 2.45) is 0 Å². The lowest BCUT2D eigenvalue weighted by molar-refractivity contribution is -0.126. The molecule has 1 amide bonds. The first kappa shape index (κ1) is 29.4. The number of nitrogens with zero attached hydrogens (tertiary/aromatic N) is 2. The fraction of sp³-hybridized carbons (Fsp3) is 0.500. The number of aromatic nitrogens is 2. The van der Waals surface area contributed by atoms with Crippen LogP contribution in [0, 0.1) is 0 Å². The number of carbonyl (C=O) groups excluding carboxylic acids is 1. The highest BCUT2D eigenvalue weighted by molar-refractivity contribution is 7.99. The number of amides is 1. The normalized spacial score (nSPS) is 21.7. The molecule has 0 spiro atoms. The fourth-order valence-corrected chi connectivity index (χ4v) is 6.76. The maximum atomic E-state index is 14.3. The van der Waals surface area contributed by atoms with Gasteiger partial charge in [0.25, 0.3) is 5.56 Å². The van der Waals surface area contributed by atoms with Gasteiger partial charge in [-0.1, -0.05) is 36.4 Å². The molecule has 9 heteroatoms. The molecule has 0 unspecified atom stereocenters. The molecule has 2 aromatic rings. The highest BCUT2D eigenvalue weighted by Crippen LogP contribution is 2.30. The van der Waals surface area contributed by atoms with Crippen LogP contribution in [0.5, 0.6) is 0 Å². The zero-order valence-electron chi connectivity index (χ0n) is 22.8. The Morgan fingerprint density at radius 2 is 1.64 bits per heavy atom. The van der Waals surface area contributed by atoms with Crippen molar-refractivity contribution < 1.29 is 9.18 Å². The minimum absolute atomic E-state index is 0.0627. The summed E-state index contributed by atoms with van der Waals surface area (Å²) in [6, 6.07) is 6.82. The van der Waals surface area contributed by atoms with Crippen LogP contribution in [0.4, 0.5) is 4.39 Å². The van der Waals surface area contributed by atoms with Gasteiger partial charge in [0.15, 0.2) is 0 Å². The minimum Gasteiger partial charge on any atom is -0.353 e. The van der Waals surface area contributed by atoms with Gasteiger partial charge in [-0.15, -0.1) is 0 Å². The number of hydrogen-bond donors (Lipinski definition) is 1. The third-order valence-electron chi connectivity index (χ3n) is 8.11. The molecule has 2 aliphatic rings. The van der Waals surface area contributed by atoms with Crippen molar-refractivity contribution in [1.82, 2.24) is 14.5 Å². The number of rotatable bonds is 6. The first-order valence-corrected chi connectivity index (χ1v) is 15.1. The predicted octanol–water partition coefficient (Wildman–Crippen LogP) is 4.37. The quantitative estimate of drug-likeness (QED) is 0.557. The Morgan fingerprint density at radius 1 is 1.05 bits per heavy atom. The van der Waals surface area contributed by atoms with E-state index in [1.165, 1.54) is 16.7 Å². The van der Waals surface area contributed by atoms with Crippen LogP contribution in [0.1, 0.15) is 76.9 Å². The molecule has 6 nitrogen and oxygen atoms in total. The van der Waals surface area contributed by atoms with E-state index in [0.29, 0.717) is 30.7 Å². The van der Waals surface area contributed by atoms with Gasteiger partial charge in [-0.2, -0.15) is 11.8 Å². The summed E-state index contributed by atoms with van der Waals surface area (Å²) in [4.78, 5) is 40.5. The van der Waals surface area contributed by atoms with Crippen molar-refractivity contribution in [2.75, 3.05) is 11.5 Å². The number of thioether (sulfide) groups is 1. The van der Waals surface area contributed by atoms with Gasteiger partial charge >= 0.3 is 5.69 Å². The Balaban J connectivity index is 1.59. The molecule has 2 heterocycles. The molecule has 1 aliphatic heterocycles. The van der Waals surface area contributed by atoms with Crippen molar-refractivity contribution in [3.8, 4) is 0 Å². The monoisotopic (exact) mass is 573 g/mol. The number of halogens is 2. The fourth-order valence-electron chi connectivity index (χ4n) is 5.55. The lowest BCUT2D eigenvalue weighted by Crippen LogP contribution is -2.60. The molecule has 210 valence electrons. The number of hydrogen-bond acceptors (Lipinski definition) is 4. The smallest absolute Gasteiger partial charge is 0.331 e. The molecule has 1 N–H and O–H groups in total. The number of carbonyl (C=O) groups is 1. The van der Waals surface area contributed by atoms with E-state index in [1.54, 1.807) is 23.6 Å². The highest BCUT2D eigenvalue weighted by Gasteiger charge is 2.33. The lowest BCUT2D eigenvalue weighted by atomic mass is 9.82. The summed E-state index contributed by atoms with van der Waals surface area (Å²) in [5, 5.41) is 4.20. The van der Waals surface area contributed by atoms with Gasteiger partial charge in [0, 0.05) is 23.1 Å². The summed E-state index contributed by atoms with van der Waals surface area (Å²) >= 11 is 7.85. The van der Waals surface area contributed by atoms with E-state index in [-0.39, 0.29) is 40.3 Å². The molecule has 2 fully saturated rings. The summed E-state index contributed by atoms with van der Waals surface area (Å²) in [5.74, 6) is 1.23. The molecule has 1 saturated carbocycles. The minimum atomic E-state index is -0.740. The van der Waals surface area contributed by atoms with Gasteiger partial charge in [0.1, 0.15) is 5.83 Å². The Morgan fingerprint density at radius 3 is 2.23 bits per heavy atom. The Hall–Kier alpha value is -2.58. The first-order chi connectivity index (χ1) is 18.5. The van der Waals surface area contributed by atoms with Gasteiger partial charge in [0.2, 0.25) is 5.91 Å². The Kier molecular flexibility index (Phi) is 9.27. The third-order valence-corrected chi connectivity index (χ3v) is 9.41. The zero-order valence-corrected chi connectivity index (χ0v) is 24.4. The molecule has 0 atom stereocenters. The van der Waals surface area contributed by atoms with Crippen molar-refractivity contribution in [2.45, 2.75) is 82.8 Å². The van der Waals surface area contributed by atoms with Crippen LogP contribution in [0.2, 0.25) is 5.02 Å². The highest BCUT2D eigenvalue weighted by atomic mass is 35.5. The topological polar surface area (TPSA) is 73.1 Å². The molecule has 1 aromatic carbocycles. The Labute approximate surface area is 237 Å². The van der Waals surface area contributed by atoms with E-state index in [2.05, 4.69) is 11.9 Å². The third kappa shape index (κ3) is 6.27. The summed E-state index contributed by atoms with van der Waals surface area (Å²) in [5.41, 5.74) is -0.733. The van der Waals surface area contributed by atoms with Crippen LogP contribution < -0.4 is 27.1 Å². The molecule has 39 heavy (non-hydrogen) atoms. The van der Waals surface area contributed by atoms with E-state index >= 15 is 0 Å².